The lowest BCUT2D eigenvalue weighted by molar-refractivity contribution is -0.368. The summed E-state index contributed by atoms with van der Waals surface area (Å²) >= 11 is 0. The van der Waals surface area contributed by atoms with Crippen molar-refractivity contribution in [3.05, 3.63) is 12.3 Å². The van der Waals surface area contributed by atoms with Crippen molar-refractivity contribution in [1.82, 2.24) is 5.32 Å². The number of carbonyl (C=O) groups excluding carboxylic acids is 2. The van der Waals surface area contributed by atoms with Crippen LogP contribution >= 0.6 is 0 Å². The first kappa shape index (κ1) is 38.7. The molecule has 2 aliphatic rings. The maximum absolute atomic E-state index is 13.2. The summed E-state index contributed by atoms with van der Waals surface area (Å²) in [6, 6.07) is -0.636. The number of allylic oxidation sites excluding steroid dienone is 1. The average molecular weight is 624 g/mol. The second kappa shape index (κ2) is 22.9. The summed E-state index contributed by atoms with van der Waals surface area (Å²) in [6.45, 7) is 11.0. The topological polar surface area (TPSA) is 92.3 Å². The number of hydrogen-bond acceptors (Lipinski definition) is 7. The molecule has 2 fully saturated rings. The van der Waals surface area contributed by atoms with E-state index in [-0.39, 0.29) is 18.1 Å². The summed E-state index contributed by atoms with van der Waals surface area (Å²) in [7, 11) is 0. The molecule has 2 heterocycles. The van der Waals surface area contributed by atoms with E-state index in [0.717, 1.165) is 32.1 Å². The molecule has 0 radical (unpaired) electrons. The zero-order valence-corrected chi connectivity index (χ0v) is 28.7. The van der Waals surface area contributed by atoms with E-state index in [1.54, 1.807) is 12.3 Å². The number of fused-ring (bicyclic) bond motifs is 1. The van der Waals surface area contributed by atoms with Crippen LogP contribution in [0.1, 0.15) is 157 Å². The third-order valence-electron chi connectivity index (χ3n) is 8.56. The van der Waals surface area contributed by atoms with Gasteiger partial charge in [-0.3, -0.25) is 9.59 Å². The molecule has 0 aromatic carbocycles. The Hall–Kier alpha value is -1.48. The van der Waals surface area contributed by atoms with Crippen LogP contribution in [0.2, 0.25) is 0 Å². The molecule has 0 aromatic rings. The van der Waals surface area contributed by atoms with E-state index in [9.17, 15) is 9.59 Å². The normalized spacial score (nSPS) is 24.7. The monoisotopic (exact) mass is 623 g/mol. The van der Waals surface area contributed by atoms with E-state index in [0.29, 0.717) is 19.6 Å². The quantitative estimate of drug-likeness (QED) is 0.0621. The fourth-order valence-electron chi connectivity index (χ4n) is 6.04. The summed E-state index contributed by atoms with van der Waals surface area (Å²) in [6.07, 6.45) is 21.8. The van der Waals surface area contributed by atoms with Crippen LogP contribution in [-0.4, -0.2) is 61.3 Å². The number of rotatable bonds is 25. The van der Waals surface area contributed by atoms with Crippen molar-refractivity contribution in [2.45, 2.75) is 193 Å². The molecular weight excluding hydrogens is 558 g/mol. The Bertz CT molecular complexity index is 801. The molecule has 1 amide bonds. The molecule has 2 rings (SSSR count). The minimum absolute atomic E-state index is 0.0363. The number of amides is 1. The Labute approximate surface area is 268 Å². The highest BCUT2D eigenvalue weighted by molar-refractivity contribution is 5.98. The van der Waals surface area contributed by atoms with Gasteiger partial charge in [-0.15, -0.1) is 0 Å². The van der Waals surface area contributed by atoms with Gasteiger partial charge >= 0.3 is 0 Å². The fraction of sp³-hybridized carbons (Fsp3) is 0.889. The van der Waals surface area contributed by atoms with Gasteiger partial charge in [-0.05, 0) is 33.6 Å². The van der Waals surface area contributed by atoms with Gasteiger partial charge in [-0.1, -0.05) is 116 Å². The van der Waals surface area contributed by atoms with Gasteiger partial charge in [-0.25, -0.2) is 0 Å². The summed E-state index contributed by atoms with van der Waals surface area (Å²) < 4.78 is 30.9. The zero-order chi connectivity index (χ0) is 32.0. The minimum Gasteiger partial charge on any atom is -0.471 e. The largest absolute Gasteiger partial charge is 0.471 e. The number of hydrogen-bond donors (Lipinski definition) is 1. The van der Waals surface area contributed by atoms with Crippen molar-refractivity contribution in [3.8, 4) is 0 Å². The fourth-order valence-corrected chi connectivity index (χ4v) is 6.04. The molecule has 2 saturated heterocycles. The molecule has 2 aliphatic heterocycles. The standard InChI is InChI=1S/C36H65NO7/c1-6-9-11-13-15-17-18-20-22-24-29(38)27-31(39)37-32-34(40-26-23-21-19-16-14-12-10-7-2)33-30(28-42-36(4,5)44-33)43-35(32)41-25-8-3/h8,25,30,32-35H,6-7,9-24,26-28H2,1-5H3,(H,37,39). The van der Waals surface area contributed by atoms with Crippen LogP contribution in [0.3, 0.4) is 0 Å². The van der Waals surface area contributed by atoms with Crippen molar-refractivity contribution in [2.24, 2.45) is 0 Å². The third-order valence-corrected chi connectivity index (χ3v) is 8.56. The predicted molar refractivity (Wildman–Crippen MR) is 175 cm³/mol. The second-order valence-electron chi connectivity index (χ2n) is 13.1. The number of nitrogens with one attached hydrogen (secondary N) is 1. The Balaban J connectivity index is 1.92. The predicted octanol–water partition coefficient (Wildman–Crippen LogP) is 8.30. The van der Waals surface area contributed by atoms with Crippen molar-refractivity contribution in [1.29, 1.82) is 0 Å². The smallest absolute Gasteiger partial charge is 0.227 e. The van der Waals surface area contributed by atoms with Gasteiger partial charge in [0.05, 0.1) is 19.3 Å². The molecular formula is C36H65NO7. The molecule has 5 unspecified atom stereocenters. The van der Waals surface area contributed by atoms with Gasteiger partial charge in [0, 0.05) is 13.0 Å². The van der Waals surface area contributed by atoms with Gasteiger partial charge in [0.15, 0.2) is 5.79 Å². The lowest BCUT2D eigenvalue weighted by atomic mass is 9.94. The highest BCUT2D eigenvalue weighted by atomic mass is 16.8. The third kappa shape index (κ3) is 15.7. The van der Waals surface area contributed by atoms with Crippen LogP contribution in [0, 0.1) is 0 Å². The summed E-state index contributed by atoms with van der Waals surface area (Å²) in [4.78, 5) is 25.9. The highest BCUT2D eigenvalue weighted by Crippen LogP contribution is 2.34. The van der Waals surface area contributed by atoms with Crippen LogP contribution in [0.5, 0.6) is 0 Å². The summed E-state index contributed by atoms with van der Waals surface area (Å²) in [5.41, 5.74) is 0. The van der Waals surface area contributed by atoms with Crippen molar-refractivity contribution in [3.63, 3.8) is 0 Å². The molecule has 5 atom stereocenters. The van der Waals surface area contributed by atoms with Gasteiger partial charge in [0.25, 0.3) is 0 Å². The number of ether oxygens (including phenoxy) is 5. The van der Waals surface area contributed by atoms with Crippen LogP contribution in [0.15, 0.2) is 12.3 Å². The molecule has 0 bridgehead atoms. The lowest BCUT2D eigenvalue weighted by Gasteiger charge is -2.50. The van der Waals surface area contributed by atoms with Gasteiger partial charge in [0.2, 0.25) is 12.2 Å². The van der Waals surface area contributed by atoms with Gasteiger partial charge in [-0.2, -0.15) is 0 Å². The van der Waals surface area contributed by atoms with Crippen LogP contribution in [0.25, 0.3) is 0 Å². The summed E-state index contributed by atoms with van der Waals surface area (Å²) in [5, 5.41) is 3.05. The van der Waals surface area contributed by atoms with E-state index in [1.165, 1.54) is 77.0 Å². The number of carbonyl (C=O) groups is 2. The maximum atomic E-state index is 13.2. The average Bonchev–Trinajstić information content (AvgIpc) is 2.99. The molecule has 0 spiro atoms. The van der Waals surface area contributed by atoms with E-state index in [2.05, 4.69) is 19.2 Å². The Morgan fingerprint density at radius 2 is 1.41 bits per heavy atom. The summed E-state index contributed by atoms with van der Waals surface area (Å²) in [5.74, 6) is -1.17. The van der Waals surface area contributed by atoms with Crippen LogP contribution in [-0.2, 0) is 33.3 Å². The first-order valence-corrected chi connectivity index (χ1v) is 18.0. The molecule has 8 nitrogen and oxygen atoms in total. The van der Waals surface area contributed by atoms with Crippen molar-refractivity contribution >= 4 is 11.7 Å². The highest BCUT2D eigenvalue weighted by Gasteiger charge is 2.53. The number of Topliss-reactive ketones (excluding diaryl/α,β-unsaturated/α-hetero) is 1. The Morgan fingerprint density at radius 1 is 0.841 bits per heavy atom. The van der Waals surface area contributed by atoms with E-state index in [1.807, 2.05) is 20.8 Å². The lowest BCUT2D eigenvalue weighted by Crippen LogP contribution is -2.69. The van der Waals surface area contributed by atoms with E-state index < -0.39 is 36.4 Å². The molecule has 44 heavy (non-hydrogen) atoms. The molecule has 0 aliphatic carbocycles. The van der Waals surface area contributed by atoms with Gasteiger partial charge in [0.1, 0.15) is 30.1 Å². The first-order valence-electron chi connectivity index (χ1n) is 18.0. The first-order chi connectivity index (χ1) is 21.3. The van der Waals surface area contributed by atoms with Crippen LogP contribution < -0.4 is 5.32 Å². The Morgan fingerprint density at radius 3 is 2.00 bits per heavy atom. The zero-order valence-electron chi connectivity index (χ0n) is 28.7. The SMILES string of the molecule is CC=COC1OC2COC(C)(C)OC2C(OCCCCCCCCCC)C1NC(=O)CC(=O)CCCCCCCCCCC. The van der Waals surface area contributed by atoms with E-state index in [4.69, 9.17) is 23.7 Å². The van der Waals surface area contributed by atoms with Crippen LogP contribution in [0.4, 0.5) is 0 Å². The molecule has 0 saturated carbocycles. The number of unbranched alkanes of at least 4 members (excludes halogenated alkanes) is 15. The second-order valence-corrected chi connectivity index (χ2v) is 13.1. The number of ketones is 1. The maximum Gasteiger partial charge on any atom is 0.227 e. The van der Waals surface area contributed by atoms with E-state index >= 15 is 0 Å². The van der Waals surface area contributed by atoms with Crippen molar-refractivity contribution < 1.29 is 33.3 Å². The molecule has 0 aromatic heterocycles. The minimum atomic E-state index is -0.804. The molecule has 256 valence electrons. The van der Waals surface area contributed by atoms with Crippen molar-refractivity contribution in [2.75, 3.05) is 13.2 Å². The Kier molecular flexibility index (Phi) is 20.2. The molecule has 8 heteroatoms. The molecule has 1 N–H and O–H groups in total. The van der Waals surface area contributed by atoms with Gasteiger partial charge < -0.3 is 29.0 Å².